The smallest absolute Gasteiger partial charge is 0.223 e. The lowest BCUT2D eigenvalue weighted by atomic mass is 9.69. The normalized spacial score (nSPS) is 19.6. The van der Waals surface area contributed by atoms with Gasteiger partial charge in [-0.05, 0) is 75.0 Å². The molecular weight excluding hydrogens is 375 g/mol. The molecule has 3 nitrogen and oxygen atoms in total. The van der Waals surface area contributed by atoms with Crippen molar-refractivity contribution >= 4 is 11.6 Å². The molecule has 1 aromatic carbocycles. The molecule has 2 fully saturated rings. The first-order valence-electron chi connectivity index (χ1n) is 12.1. The minimum Gasteiger partial charge on any atom is -0.353 e. The highest BCUT2D eigenvalue weighted by Gasteiger charge is 2.36. The fourth-order valence-corrected chi connectivity index (χ4v) is 5.61. The van der Waals surface area contributed by atoms with Crippen LogP contribution in [0.3, 0.4) is 0 Å². The maximum Gasteiger partial charge on any atom is 0.223 e. The van der Waals surface area contributed by atoms with Gasteiger partial charge in [0.1, 0.15) is 5.82 Å². The molecule has 0 radical (unpaired) electrons. The van der Waals surface area contributed by atoms with Gasteiger partial charge in [-0.3, -0.25) is 4.79 Å². The van der Waals surface area contributed by atoms with Crippen LogP contribution in [0.1, 0.15) is 89.5 Å². The molecule has 0 aromatic heterocycles. The van der Waals surface area contributed by atoms with E-state index >= 15 is 0 Å². The third kappa shape index (κ3) is 6.92. The van der Waals surface area contributed by atoms with Gasteiger partial charge in [0.15, 0.2) is 0 Å². The summed E-state index contributed by atoms with van der Waals surface area (Å²) in [5.41, 5.74) is 1.70. The van der Waals surface area contributed by atoms with E-state index in [1.807, 2.05) is 6.92 Å². The molecule has 0 heterocycles. The lowest BCUT2D eigenvalue weighted by Gasteiger charge is -2.37. The number of halogens is 1. The molecule has 166 valence electrons. The predicted octanol–water partition coefficient (Wildman–Crippen LogP) is 6.45. The summed E-state index contributed by atoms with van der Waals surface area (Å²) in [5, 5.41) is 11.6. The topological polar surface area (TPSA) is 53.0 Å². The Morgan fingerprint density at radius 1 is 1.00 bits per heavy atom. The Balaban J connectivity index is 1.50. The molecule has 1 aromatic rings. The molecule has 0 unspecified atom stereocenters. The van der Waals surface area contributed by atoms with Crippen molar-refractivity contribution < 1.29 is 9.18 Å². The molecule has 4 heteroatoms. The van der Waals surface area contributed by atoms with Crippen LogP contribution < -0.4 is 5.32 Å². The van der Waals surface area contributed by atoms with Crippen LogP contribution in [0.4, 0.5) is 4.39 Å². The summed E-state index contributed by atoms with van der Waals surface area (Å²) < 4.78 is 13.0. The fraction of sp³-hybridized carbons (Fsp3) is 0.692. The molecule has 0 saturated heterocycles. The van der Waals surface area contributed by atoms with Gasteiger partial charge in [0.25, 0.3) is 0 Å². The largest absolute Gasteiger partial charge is 0.353 e. The van der Waals surface area contributed by atoms with Crippen LogP contribution in [0.15, 0.2) is 24.3 Å². The van der Waals surface area contributed by atoms with E-state index in [0.717, 1.165) is 12.0 Å². The van der Waals surface area contributed by atoms with E-state index in [4.69, 9.17) is 5.41 Å². The number of benzene rings is 1. The molecule has 30 heavy (non-hydrogen) atoms. The Kier molecular flexibility index (Phi) is 8.89. The number of hydrogen-bond acceptors (Lipinski definition) is 2. The minimum absolute atomic E-state index is 0.00658. The van der Waals surface area contributed by atoms with Crippen LogP contribution in [0.2, 0.25) is 0 Å². The number of nitrogens with one attached hydrogen (secondary N) is 2. The van der Waals surface area contributed by atoms with Gasteiger partial charge in [0, 0.05) is 24.1 Å². The number of aryl methyl sites for hydroxylation is 1. The van der Waals surface area contributed by atoms with E-state index in [-0.39, 0.29) is 23.7 Å². The Labute approximate surface area is 181 Å². The predicted molar refractivity (Wildman–Crippen MR) is 121 cm³/mol. The quantitative estimate of drug-likeness (QED) is 0.448. The molecule has 0 aliphatic heterocycles. The summed E-state index contributed by atoms with van der Waals surface area (Å²) in [4.78, 5) is 13.3. The SMILES string of the molecule is C[C@@H](CC(=N)CCc1ccc(F)cc1)NC(=O)C(C1CCCCC1)C1CCCCC1. The number of carbonyl (C=O) groups excluding carboxylic acids is 1. The van der Waals surface area contributed by atoms with Crippen molar-refractivity contribution in [3.05, 3.63) is 35.6 Å². The van der Waals surface area contributed by atoms with E-state index in [9.17, 15) is 9.18 Å². The summed E-state index contributed by atoms with van der Waals surface area (Å²) in [6, 6.07) is 6.50. The van der Waals surface area contributed by atoms with Gasteiger partial charge in [0.05, 0.1) is 0 Å². The van der Waals surface area contributed by atoms with Gasteiger partial charge in [-0.1, -0.05) is 50.7 Å². The lowest BCUT2D eigenvalue weighted by molar-refractivity contribution is -0.130. The van der Waals surface area contributed by atoms with Gasteiger partial charge in [-0.25, -0.2) is 4.39 Å². The Bertz CT molecular complexity index is 657. The second-order valence-corrected chi connectivity index (χ2v) is 9.67. The van der Waals surface area contributed by atoms with Crippen LogP contribution in [0, 0.1) is 29.0 Å². The molecule has 2 aliphatic carbocycles. The van der Waals surface area contributed by atoms with Crippen LogP contribution in [-0.4, -0.2) is 17.7 Å². The first kappa shape index (κ1) is 23.0. The van der Waals surface area contributed by atoms with Gasteiger partial charge < -0.3 is 10.7 Å². The molecular formula is C26H39FN2O. The van der Waals surface area contributed by atoms with Crippen molar-refractivity contribution in [1.29, 1.82) is 5.41 Å². The average Bonchev–Trinajstić information content (AvgIpc) is 2.75. The third-order valence-electron chi connectivity index (χ3n) is 7.19. The first-order chi connectivity index (χ1) is 14.5. The van der Waals surface area contributed by atoms with Crippen LogP contribution in [0.5, 0.6) is 0 Å². The zero-order valence-electron chi connectivity index (χ0n) is 18.6. The molecule has 0 spiro atoms. The van der Waals surface area contributed by atoms with Crippen molar-refractivity contribution in [3.63, 3.8) is 0 Å². The molecule has 2 N–H and O–H groups in total. The van der Waals surface area contributed by atoms with Gasteiger partial charge in [-0.15, -0.1) is 0 Å². The molecule has 3 rings (SSSR count). The standard InChI is InChI=1S/C26H39FN2O/c1-19(18-24(28)17-14-20-12-15-23(27)16-13-20)29-26(30)25(21-8-4-2-5-9-21)22-10-6-3-7-11-22/h12-13,15-16,19,21-22,25,28H,2-11,14,17-18H2,1H3,(H,29,30)/t19-/m0/s1. The molecule has 1 amide bonds. The average molecular weight is 415 g/mol. The highest BCUT2D eigenvalue weighted by Crippen LogP contribution is 2.40. The second-order valence-electron chi connectivity index (χ2n) is 9.67. The maximum absolute atomic E-state index is 13.3. The highest BCUT2D eigenvalue weighted by molar-refractivity contribution is 5.84. The lowest BCUT2D eigenvalue weighted by Crippen LogP contribution is -2.44. The number of rotatable bonds is 9. The Morgan fingerprint density at radius 3 is 2.07 bits per heavy atom. The second kappa shape index (κ2) is 11.6. The number of amides is 1. The molecule has 2 aliphatic rings. The maximum atomic E-state index is 13.3. The van der Waals surface area contributed by atoms with Gasteiger partial charge in [0.2, 0.25) is 5.91 Å². The minimum atomic E-state index is -0.226. The summed E-state index contributed by atoms with van der Waals surface area (Å²) >= 11 is 0. The van der Waals surface area contributed by atoms with Crippen LogP contribution >= 0.6 is 0 Å². The Morgan fingerprint density at radius 2 is 1.53 bits per heavy atom. The molecule has 1 atom stereocenters. The van der Waals surface area contributed by atoms with E-state index in [0.29, 0.717) is 30.4 Å². The zero-order chi connectivity index (χ0) is 21.3. The van der Waals surface area contributed by atoms with E-state index in [1.54, 1.807) is 12.1 Å². The van der Waals surface area contributed by atoms with Crippen molar-refractivity contribution in [2.75, 3.05) is 0 Å². The highest BCUT2D eigenvalue weighted by atomic mass is 19.1. The zero-order valence-corrected chi connectivity index (χ0v) is 18.6. The summed E-state index contributed by atoms with van der Waals surface area (Å²) in [6.45, 7) is 2.03. The summed E-state index contributed by atoms with van der Waals surface area (Å²) in [5.74, 6) is 1.28. The fourth-order valence-electron chi connectivity index (χ4n) is 5.61. The summed E-state index contributed by atoms with van der Waals surface area (Å²) in [6.07, 6.45) is 14.5. The van der Waals surface area contributed by atoms with Gasteiger partial charge in [-0.2, -0.15) is 0 Å². The Hall–Kier alpha value is -1.71. The molecule has 2 saturated carbocycles. The van der Waals surface area contributed by atoms with Crippen LogP contribution in [-0.2, 0) is 11.2 Å². The van der Waals surface area contributed by atoms with Crippen LogP contribution in [0.25, 0.3) is 0 Å². The third-order valence-corrected chi connectivity index (χ3v) is 7.19. The van der Waals surface area contributed by atoms with Crippen molar-refractivity contribution in [2.24, 2.45) is 17.8 Å². The van der Waals surface area contributed by atoms with Crippen molar-refractivity contribution in [1.82, 2.24) is 5.32 Å². The van der Waals surface area contributed by atoms with E-state index in [1.165, 1.54) is 76.3 Å². The number of hydrogen-bond donors (Lipinski definition) is 2. The molecule has 0 bridgehead atoms. The first-order valence-corrected chi connectivity index (χ1v) is 12.1. The van der Waals surface area contributed by atoms with Crippen molar-refractivity contribution in [2.45, 2.75) is 96.4 Å². The monoisotopic (exact) mass is 414 g/mol. The van der Waals surface area contributed by atoms with Crippen molar-refractivity contribution in [3.8, 4) is 0 Å². The van der Waals surface area contributed by atoms with Gasteiger partial charge >= 0.3 is 0 Å². The number of carbonyl (C=O) groups is 1. The van der Waals surface area contributed by atoms with E-state index < -0.39 is 0 Å². The van der Waals surface area contributed by atoms with E-state index in [2.05, 4.69) is 5.32 Å². The summed E-state index contributed by atoms with van der Waals surface area (Å²) in [7, 11) is 0.